The van der Waals surface area contributed by atoms with Gasteiger partial charge in [-0.25, -0.2) is 4.79 Å². The topological polar surface area (TPSA) is 78.9 Å². The van der Waals surface area contributed by atoms with Crippen LogP contribution in [0.15, 0.2) is 0 Å². The summed E-state index contributed by atoms with van der Waals surface area (Å²) in [6.07, 6.45) is -1.05. The van der Waals surface area contributed by atoms with Gasteiger partial charge in [0.1, 0.15) is 0 Å². The number of carbonyl (C=O) groups is 1. The van der Waals surface area contributed by atoms with Gasteiger partial charge in [0.05, 0.1) is 7.11 Å². The summed E-state index contributed by atoms with van der Waals surface area (Å²) in [5.74, 6) is -0.816. The van der Waals surface area contributed by atoms with Crippen LogP contribution in [-0.4, -0.2) is 35.9 Å². The van der Waals surface area contributed by atoms with Gasteiger partial charge in [-0.2, -0.15) is 8.42 Å². The second kappa shape index (κ2) is 4.76. The molecular formula is C6H14O6SSi. The van der Waals surface area contributed by atoms with E-state index in [-0.39, 0.29) is 0 Å². The zero-order chi connectivity index (χ0) is 11.4. The van der Waals surface area contributed by atoms with Crippen molar-refractivity contribution in [1.82, 2.24) is 0 Å². The molecule has 0 saturated carbocycles. The fourth-order valence-electron chi connectivity index (χ4n) is 0.584. The molecule has 0 aliphatic heterocycles. The van der Waals surface area contributed by atoms with Crippen LogP contribution in [0.4, 0.5) is 4.79 Å². The van der Waals surface area contributed by atoms with Gasteiger partial charge in [-0.1, -0.05) is 0 Å². The van der Waals surface area contributed by atoms with E-state index in [1.165, 1.54) is 0 Å². The van der Waals surface area contributed by atoms with Crippen LogP contribution in [0.25, 0.3) is 0 Å². The molecule has 0 rings (SSSR count). The molecule has 0 bridgehead atoms. The van der Waals surface area contributed by atoms with Gasteiger partial charge in [-0.05, 0) is 19.6 Å². The van der Waals surface area contributed by atoms with Gasteiger partial charge < -0.3 is 13.3 Å². The average Bonchev–Trinajstić information content (AvgIpc) is 1.96. The first-order chi connectivity index (χ1) is 6.16. The minimum atomic E-state index is -3.81. The van der Waals surface area contributed by atoms with Crippen LogP contribution in [0, 0.1) is 0 Å². The third kappa shape index (κ3) is 6.86. The molecule has 14 heavy (non-hydrogen) atoms. The Morgan fingerprint density at radius 3 is 2.14 bits per heavy atom. The second-order valence-electron chi connectivity index (χ2n) is 3.47. The van der Waals surface area contributed by atoms with Crippen molar-refractivity contribution >= 4 is 24.6 Å². The molecule has 84 valence electrons. The summed E-state index contributed by atoms with van der Waals surface area (Å²) >= 11 is 0. The highest BCUT2D eigenvalue weighted by Crippen LogP contribution is 2.08. The van der Waals surface area contributed by atoms with Crippen LogP contribution in [0.2, 0.25) is 19.6 Å². The Morgan fingerprint density at radius 2 is 1.79 bits per heavy atom. The first-order valence-electron chi connectivity index (χ1n) is 3.80. The first kappa shape index (κ1) is 13.4. The minimum absolute atomic E-state index is 0.816. The Kier molecular flexibility index (Phi) is 4.55. The largest absolute Gasteiger partial charge is 0.509 e. The highest BCUT2D eigenvalue weighted by molar-refractivity contribution is 7.87. The zero-order valence-electron chi connectivity index (χ0n) is 8.56. The second-order valence-corrected chi connectivity index (χ2v) is 9.71. The first-order valence-corrected chi connectivity index (χ1v) is 8.79. The molecule has 0 aliphatic rings. The van der Waals surface area contributed by atoms with Crippen molar-refractivity contribution in [3.05, 3.63) is 0 Å². The lowest BCUT2D eigenvalue weighted by atomic mass is 11.3. The van der Waals surface area contributed by atoms with Crippen LogP contribution < -0.4 is 0 Å². The van der Waals surface area contributed by atoms with Crippen molar-refractivity contribution < 1.29 is 26.6 Å². The van der Waals surface area contributed by atoms with E-state index in [1.807, 2.05) is 0 Å². The normalized spacial score (nSPS) is 12.3. The molecule has 0 aromatic rings. The standard InChI is InChI=1S/C6H14O6SSi/c1-10-6(7)11-5-13(8,9)12-14(2,3)4/h5H2,1-4H3. The molecular weight excluding hydrogens is 228 g/mol. The summed E-state index contributed by atoms with van der Waals surface area (Å²) in [6.45, 7) is 5.13. The number of carbonyl (C=O) groups excluding carboxylic acids is 1. The molecule has 0 atom stereocenters. The third-order valence-corrected chi connectivity index (χ3v) is 4.29. The van der Waals surface area contributed by atoms with E-state index < -0.39 is 30.5 Å². The van der Waals surface area contributed by atoms with Crippen molar-refractivity contribution in [2.24, 2.45) is 0 Å². The van der Waals surface area contributed by atoms with Crippen molar-refractivity contribution in [3.63, 3.8) is 0 Å². The van der Waals surface area contributed by atoms with E-state index in [1.54, 1.807) is 19.6 Å². The molecule has 0 aromatic heterocycles. The summed E-state index contributed by atoms with van der Waals surface area (Å²) in [6, 6.07) is 0. The van der Waals surface area contributed by atoms with E-state index in [2.05, 4.69) is 9.47 Å². The maximum absolute atomic E-state index is 11.1. The molecule has 0 radical (unpaired) electrons. The maximum Gasteiger partial charge on any atom is 0.509 e. The molecule has 0 aromatic carbocycles. The lowest BCUT2D eigenvalue weighted by Crippen LogP contribution is -2.31. The van der Waals surface area contributed by atoms with E-state index in [0.29, 0.717) is 0 Å². The fraction of sp³-hybridized carbons (Fsp3) is 0.833. The van der Waals surface area contributed by atoms with Gasteiger partial charge in [0.25, 0.3) is 10.1 Å². The van der Waals surface area contributed by atoms with E-state index in [9.17, 15) is 13.2 Å². The van der Waals surface area contributed by atoms with Crippen LogP contribution >= 0.6 is 0 Å². The molecule has 0 spiro atoms. The lowest BCUT2D eigenvalue weighted by molar-refractivity contribution is 0.0849. The van der Waals surface area contributed by atoms with Crippen LogP contribution in [0.5, 0.6) is 0 Å². The lowest BCUT2D eigenvalue weighted by Gasteiger charge is -2.16. The van der Waals surface area contributed by atoms with Gasteiger partial charge in [0.15, 0.2) is 0 Å². The average molecular weight is 242 g/mol. The summed E-state index contributed by atoms with van der Waals surface area (Å²) in [5.41, 5.74) is 0. The summed E-state index contributed by atoms with van der Waals surface area (Å²) in [7, 11) is -4.91. The van der Waals surface area contributed by atoms with Gasteiger partial charge in [-0.15, -0.1) is 0 Å². The Bertz CT molecular complexity index is 290. The maximum atomic E-state index is 11.1. The summed E-state index contributed by atoms with van der Waals surface area (Å²) in [5, 5.41) is 0. The molecule has 0 N–H and O–H groups in total. The van der Waals surface area contributed by atoms with Gasteiger partial charge >= 0.3 is 6.16 Å². The molecule has 0 fully saturated rings. The highest BCUT2D eigenvalue weighted by atomic mass is 32.2. The SMILES string of the molecule is COC(=O)OCS(=O)(=O)O[Si](C)(C)C. The van der Waals surface area contributed by atoms with Gasteiger partial charge in [0, 0.05) is 0 Å². The van der Waals surface area contributed by atoms with Gasteiger partial charge in [-0.3, -0.25) is 0 Å². The predicted octanol–water partition coefficient (Wildman–Crippen LogP) is 0.908. The Labute approximate surface area is 84.4 Å². The van der Waals surface area contributed by atoms with Crippen LogP contribution in [0.3, 0.4) is 0 Å². The summed E-state index contributed by atoms with van der Waals surface area (Å²) < 4.78 is 35.4. The number of rotatable bonds is 4. The predicted molar refractivity (Wildman–Crippen MR) is 51.7 cm³/mol. The van der Waals surface area contributed by atoms with Crippen molar-refractivity contribution in [2.45, 2.75) is 19.6 Å². The number of methoxy groups -OCH3 is 1. The Hall–Kier alpha value is -0.603. The Balaban J connectivity index is 4.17. The molecule has 0 saturated heterocycles. The van der Waals surface area contributed by atoms with Crippen LogP contribution in [-0.2, 0) is 23.5 Å². The van der Waals surface area contributed by atoms with Crippen molar-refractivity contribution in [3.8, 4) is 0 Å². The van der Waals surface area contributed by atoms with E-state index >= 15 is 0 Å². The zero-order valence-corrected chi connectivity index (χ0v) is 10.4. The molecule has 8 heteroatoms. The molecule has 6 nitrogen and oxygen atoms in total. The number of hydrogen-bond acceptors (Lipinski definition) is 6. The van der Waals surface area contributed by atoms with E-state index in [0.717, 1.165) is 7.11 Å². The van der Waals surface area contributed by atoms with Gasteiger partial charge in [0.2, 0.25) is 14.3 Å². The van der Waals surface area contributed by atoms with E-state index in [4.69, 9.17) is 3.87 Å². The smallest absolute Gasteiger partial charge is 0.438 e. The number of hydrogen-bond donors (Lipinski definition) is 0. The molecule has 0 aliphatic carbocycles. The molecule has 0 amide bonds. The minimum Gasteiger partial charge on any atom is -0.438 e. The third-order valence-electron chi connectivity index (χ3n) is 0.865. The molecule has 0 unspecified atom stereocenters. The van der Waals surface area contributed by atoms with Crippen LogP contribution in [0.1, 0.15) is 0 Å². The highest BCUT2D eigenvalue weighted by Gasteiger charge is 2.25. The quantitative estimate of drug-likeness (QED) is 0.538. The van der Waals surface area contributed by atoms with Crippen molar-refractivity contribution in [1.29, 1.82) is 0 Å². The molecule has 0 heterocycles. The number of ether oxygens (including phenoxy) is 2. The summed E-state index contributed by atoms with van der Waals surface area (Å²) in [4.78, 5) is 10.5. The monoisotopic (exact) mass is 242 g/mol. The fourth-order valence-corrected chi connectivity index (χ4v) is 4.06. The van der Waals surface area contributed by atoms with Crippen molar-refractivity contribution in [2.75, 3.05) is 13.0 Å². The Morgan fingerprint density at radius 1 is 1.29 bits per heavy atom.